The van der Waals surface area contributed by atoms with Gasteiger partial charge in [0.15, 0.2) is 5.76 Å². The number of anilines is 1. The highest BCUT2D eigenvalue weighted by Crippen LogP contribution is 2.22. The van der Waals surface area contributed by atoms with Gasteiger partial charge in [-0.3, -0.25) is 4.79 Å². The molecule has 0 saturated carbocycles. The summed E-state index contributed by atoms with van der Waals surface area (Å²) >= 11 is 0. The first-order valence-electron chi connectivity index (χ1n) is 9.08. The van der Waals surface area contributed by atoms with Gasteiger partial charge in [-0.05, 0) is 74.2 Å². The van der Waals surface area contributed by atoms with E-state index in [0.29, 0.717) is 12.1 Å². The lowest BCUT2D eigenvalue weighted by Gasteiger charge is -2.10. The number of amides is 1. The Balaban J connectivity index is 1.74. The van der Waals surface area contributed by atoms with E-state index in [-0.39, 0.29) is 11.7 Å². The van der Waals surface area contributed by atoms with E-state index in [0.717, 1.165) is 11.3 Å². The normalized spacial score (nSPS) is 12.0. The van der Waals surface area contributed by atoms with Crippen molar-refractivity contribution in [1.29, 1.82) is 0 Å². The van der Waals surface area contributed by atoms with Crippen LogP contribution in [0.3, 0.4) is 0 Å². The second kappa shape index (κ2) is 7.80. The maximum Gasteiger partial charge on any atom is 0.291 e. The molecule has 0 spiro atoms. The fraction of sp³-hybridized carbons (Fsp3) is 0.261. The number of aryl methyl sites for hydroxylation is 3. The third-order valence-electron chi connectivity index (χ3n) is 4.70. The van der Waals surface area contributed by atoms with Crippen molar-refractivity contribution in [2.45, 2.75) is 40.2 Å². The molecule has 0 fully saturated rings. The molecule has 140 valence electrons. The molecule has 27 heavy (non-hydrogen) atoms. The summed E-state index contributed by atoms with van der Waals surface area (Å²) in [5, 5.41) is 12.5. The minimum Gasteiger partial charge on any atom is -0.456 e. The van der Waals surface area contributed by atoms with Gasteiger partial charge in [0, 0.05) is 12.1 Å². The van der Waals surface area contributed by atoms with Crippen LogP contribution in [0.25, 0.3) is 0 Å². The summed E-state index contributed by atoms with van der Waals surface area (Å²) in [6, 6.07) is 15.0. The average molecular weight is 363 g/mol. The molecule has 0 saturated heterocycles. The highest BCUT2D eigenvalue weighted by molar-refractivity contribution is 6.02. The number of hydrogen-bond acceptors (Lipinski definition) is 3. The van der Waals surface area contributed by atoms with Crippen LogP contribution in [0.15, 0.2) is 52.9 Å². The zero-order chi connectivity index (χ0) is 19.6. The van der Waals surface area contributed by atoms with E-state index in [1.807, 2.05) is 12.1 Å². The summed E-state index contributed by atoms with van der Waals surface area (Å²) in [7, 11) is 0. The maximum absolute atomic E-state index is 12.5. The Bertz CT molecular complexity index is 946. The molecule has 2 N–H and O–H groups in total. The Morgan fingerprint density at radius 2 is 1.78 bits per heavy atom. The highest BCUT2D eigenvalue weighted by Gasteiger charge is 2.14. The predicted molar refractivity (Wildman–Crippen MR) is 107 cm³/mol. The summed E-state index contributed by atoms with van der Waals surface area (Å²) in [5.74, 6) is 0.726. The number of carbonyl (C=O) groups is 1. The molecular formula is C23H25NO3. The van der Waals surface area contributed by atoms with Crippen molar-refractivity contribution in [3.63, 3.8) is 0 Å². The Kier molecular flexibility index (Phi) is 5.47. The lowest BCUT2D eigenvalue weighted by atomic mass is 9.97. The van der Waals surface area contributed by atoms with Crippen molar-refractivity contribution in [2.75, 3.05) is 5.32 Å². The van der Waals surface area contributed by atoms with Gasteiger partial charge in [-0.15, -0.1) is 0 Å². The Labute approximate surface area is 159 Å². The lowest BCUT2D eigenvalue weighted by Crippen LogP contribution is -2.11. The van der Waals surface area contributed by atoms with E-state index >= 15 is 0 Å². The summed E-state index contributed by atoms with van der Waals surface area (Å²) in [6.07, 6.45) is 0.0704. The minimum absolute atomic E-state index is 0.273. The summed E-state index contributed by atoms with van der Waals surface area (Å²) in [4.78, 5) is 12.5. The SMILES string of the molecule is Cc1cc(C)c(Cc2ccc(C(=O)Nc3cccc(C(C)O)c3)o2)c(C)c1. The molecular weight excluding hydrogens is 338 g/mol. The molecule has 2 aromatic carbocycles. The van der Waals surface area contributed by atoms with E-state index in [9.17, 15) is 9.90 Å². The van der Waals surface area contributed by atoms with Gasteiger partial charge in [-0.2, -0.15) is 0 Å². The van der Waals surface area contributed by atoms with Crippen LogP contribution < -0.4 is 5.32 Å². The fourth-order valence-electron chi connectivity index (χ4n) is 3.33. The van der Waals surface area contributed by atoms with E-state index in [1.165, 1.54) is 22.3 Å². The molecule has 0 aliphatic heterocycles. The highest BCUT2D eigenvalue weighted by atomic mass is 16.3. The first-order chi connectivity index (χ1) is 12.8. The van der Waals surface area contributed by atoms with Gasteiger partial charge >= 0.3 is 0 Å². The van der Waals surface area contributed by atoms with E-state index < -0.39 is 6.10 Å². The monoisotopic (exact) mass is 363 g/mol. The lowest BCUT2D eigenvalue weighted by molar-refractivity contribution is 0.0995. The van der Waals surface area contributed by atoms with Crippen molar-refractivity contribution in [3.8, 4) is 0 Å². The minimum atomic E-state index is -0.585. The van der Waals surface area contributed by atoms with Crippen molar-refractivity contribution >= 4 is 11.6 Å². The van der Waals surface area contributed by atoms with Gasteiger partial charge in [0.2, 0.25) is 0 Å². The van der Waals surface area contributed by atoms with Crippen molar-refractivity contribution < 1.29 is 14.3 Å². The molecule has 1 unspecified atom stereocenters. The van der Waals surface area contributed by atoms with Gasteiger partial charge in [0.1, 0.15) is 5.76 Å². The number of aliphatic hydroxyl groups is 1. The molecule has 1 amide bonds. The maximum atomic E-state index is 12.5. The molecule has 3 rings (SSSR count). The number of carbonyl (C=O) groups excluding carboxylic acids is 1. The first kappa shape index (κ1) is 18.9. The first-order valence-corrected chi connectivity index (χ1v) is 9.08. The van der Waals surface area contributed by atoms with Crippen molar-refractivity contribution in [2.24, 2.45) is 0 Å². The number of furan rings is 1. The molecule has 0 aliphatic carbocycles. The molecule has 4 nitrogen and oxygen atoms in total. The van der Waals surface area contributed by atoms with E-state index in [2.05, 4.69) is 38.2 Å². The Morgan fingerprint density at radius 3 is 2.44 bits per heavy atom. The van der Waals surface area contributed by atoms with Crippen LogP contribution in [-0.4, -0.2) is 11.0 Å². The predicted octanol–water partition coefficient (Wildman–Crippen LogP) is 5.10. The number of hydrogen-bond donors (Lipinski definition) is 2. The van der Waals surface area contributed by atoms with Gasteiger partial charge in [0.25, 0.3) is 5.91 Å². The smallest absolute Gasteiger partial charge is 0.291 e. The number of nitrogens with one attached hydrogen (secondary N) is 1. The second-order valence-electron chi connectivity index (χ2n) is 7.08. The van der Waals surface area contributed by atoms with Crippen molar-refractivity contribution in [1.82, 2.24) is 0 Å². The Hall–Kier alpha value is -2.85. The van der Waals surface area contributed by atoms with E-state index in [1.54, 1.807) is 31.2 Å². The summed E-state index contributed by atoms with van der Waals surface area (Å²) < 4.78 is 5.78. The molecule has 0 aliphatic rings. The third kappa shape index (κ3) is 4.47. The van der Waals surface area contributed by atoms with Crippen LogP contribution in [0, 0.1) is 20.8 Å². The van der Waals surface area contributed by atoms with Gasteiger partial charge in [-0.25, -0.2) is 0 Å². The molecule has 1 heterocycles. The zero-order valence-electron chi connectivity index (χ0n) is 16.2. The largest absolute Gasteiger partial charge is 0.456 e. The van der Waals surface area contributed by atoms with Gasteiger partial charge in [0.05, 0.1) is 6.10 Å². The second-order valence-corrected chi connectivity index (χ2v) is 7.08. The van der Waals surface area contributed by atoms with Crippen LogP contribution >= 0.6 is 0 Å². The molecule has 4 heteroatoms. The number of benzene rings is 2. The molecule has 1 atom stereocenters. The molecule has 3 aromatic rings. The average Bonchev–Trinajstić information content (AvgIpc) is 3.07. The topological polar surface area (TPSA) is 62.5 Å². The summed E-state index contributed by atoms with van der Waals surface area (Å²) in [6.45, 7) is 7.97. The van der Waals surface area contributed by atoms with Crippen LogP contribution in [-0.2, 0) is 6.42 Å². The summed E-state index contributed by atoms with van der Waals surface area (Å²) in [5.41, 5.74) is 6.30. The zero-order valence-corrected chi connectivity index (χ0v) is 16.2. The standard InChI is InChI=1S/C23H25NO3/c1-14-10-15(2)21(16(3)11-14)13-20-8-9-22(27-20)23(26)24-19-7-5-6-18(12-19)17(4)25/h5-12,17,25H,13H2,1-4H3,(H,24,26). The molecule has 1 aromatic heterocycles. The van der Waals surface area contributed by atoms with E-state index in [4.69, 9.17) is 4.42 Å². The van der Waals surface area contributed by atoms with Gasteiger partial charge < -0.3 is 14.8 Å². The number of rotatable bonds is 5. The van der Waals surface area contributed by atoms with Crippen molar-refractivity contribution in [3.05, 3.63) is 87.9 Å². The quantitative estimate of drug-likeness (QED) is 0.663. The Morgan fingerprint density at radius 1 is 1.07 bits per heavy atom. The van der Waals surface area contributed by atoms with Crippen LogP contribution in [0.4, 0.5) is 5.69 Å². The van der Waals surface area contributed by atoms with Gasteiger partial charge in [-0.1, -0.05) is 29.8 Å². The molecule has 0 radical (unpaired) electrons. The molecule has 0 bridgehead atoms. The number of aliphatic hydroxyl groups excluding tert-OH is 1. The van der Waals surface area contributed by atoms with Crippen LogP contribution in [0.1, 0.15) is 57.2 Å². The van der Waals surface area contributed by atoms with Crippen LogP contribution in [0.5, 0.6) is 0 Å². The fourth-order valence-corrected chi connectivity index (χ4v) is 3.33. The third-order valence-corrected chi connectivity index (χ3v) is 4.70. The van der Waals surface area contributed by atoms with Crippen LogP contribution in [0.2, 0.25) is 0 Å².